The van der Waals surface area contributed by atoms with Crippen molar-refractivity contribution in [3.05, 3.63) is 48.3 Å². The standard InChI is InChI=1S/C16H20FN3O3S/c1-20-8-7-18-16(20)15-12(4-3-9-23-15)11-19-24(21,22)14-6-2-5-13(17)10-14/h2,5-8,10,12,15,19H,3-4,9,11H2,1H3/t12-,15+/m0/s1. The molecule has 2 heterocycles. The lowest BCUT2D eigenvalue weighted by Crippen LogP contribution is -2.36. The number of aromatic nitrogens is 2. The number of hydrogen-bond acceptors (Lipinski definition) is 4. The topological polar surface area (TPSA) is 73.2 Å². The minimum atomic E-state index is -3.76. The van der Waals surface area contributed by atoms with Gasteiger partial charge in [0.25, 0.3) is 0 Å². The number of rotatable bonds is 5. The van der Waals surface area contributed by atoms with Gasteiger partial charge < -0.3 is 9.30 Å². The molecule has 1 aromatic heterocycles. The van der Waals surface area contributed by atoms with E-state index in [4.69, 9.17) is 4.74 Å². The summed E-state index contributed by atoms with van der Waals surface area (Å²) in [5, 5.41) is 0. The highest BCUT2D eigenvalue weighted by Gasteiger charge is 2.31. The second-order valence-corrected chi connectivity index (χ2v) is 7.67. The minimum absolute atomic E-state index is 0.0248. The zero-order chi connectivity index (χ0) is 17.2. The Hall–Kier alpha value is -1.77. The summed E-state index contributed by atoms with van der Waals surface area (Å²) < 4.78 is 48.2. The summed E-state index contributed by atoms with van der Waals surface area (Å²) in [6.07, 6.45) is 4.98. The molecule has 6 nitrogen and oxygen atoms in total. The van der Waals surface area contributed by atoms with Gasteiger partial charge in [-0.2, -0.15) is 0 Å². The van der Waals surface area contributed by atoms with Gasteiger partial charge in [0.05, 0.1) is 4.90 Å². The number of sulfonamides is 1. The van der Waals surface area contributed by atoms with E-state index in [1.54, 1.807) is 6.20 Å². The quantitative estimate of drug-likeness (QED) is 0.892. The molecule has 0 radical (unpaired) electrons. The first kappa shape index (κ1) is 17.1. The molecule has 1 fully saturated rings. The fraction of sp³-hybridized carbons (Fsp3) is 0.438. The van der Waals surface area contributed by atoms with Crippen LogP contribution in [-0.2, 0) is 21.8 Å². The van der Waals surface area contributed by atoms with Crippen LogP contribution in [0.2, 0.25) is 0 Å². The second-order valence-electron chi connectivity index (χ2n) is 5.90. The third-order valence-electron chi connectivity index (χ3n) is 4.20. The predicted octanol–water partition coefficient (Wildman–Crippen LogP) is 2.01. The van der Waals surface area contributed by atoms with Crippen LogP contribution in [0, 0.1) is 11.7 Å². The van der Waals surface area contributed by atoms with Crippen LogP contribution in [0.15, 0.2) is 41.6 Å². The molecule has 3 rings (SSSR count). The Morgan fingerprint density at radius 2 is 2.29 bits per heavy atom. The van der Waals surface area contributed by atoms with Crippen molar-refractivity contribution in [2.75, 3.05) is 13.2 Å². The van der Waals surface area contributed by atoms with Crippen molar-refractivity contribution in [2.24, 2.45) is 13.0 Å². The van der Waals surface area contributed by atoms with E-state index in [9.17, 15) is 12.8 Å². The maximum Gasteiger partial charge on any atom is 0.240 e. The van der Waals surface area contributed by atoms with Crippen LogP contribution in [-0.4, -0.2) is 31.1 Å². The maximum absolute atomic E-state index is 13.3. The van der Waals surface area contributed by atoms with E-state index in [2.05, 4.69) is 9.71 Å². The van der Waals surface area contributed by atoms with Gasteiger partial charge in [0, 0.05) is 38.5 Å². The SMILES string of the molecule is Cn1ccnc1[C@@H]1OCCC[C@H]1CNS(=O)(=O)c1cccc(F)c1. The Bertz CT molecular complexity index is 806. The molecular formula is C16H20FN3O3S. The Labute approximate surface area is 140 Å². The number of aryl methyl sites for hydroxylation is 1. The fourth-order valence-electron chi connectivity index (χ4n) is 2.92. The van der Waals surface area contributed by atoms with E-state index >= 15 is 0 Å². The van der Waals surface area contributed by atoms with Gasteiger partial charge in [0.1, 0.15) is 17.7 Å². The first-order chi connectivity index (χ1) is 11.5. The molecule has 1 aromatic carbocycles. The molecule has 24 heavy (non-hydrogen) atoms. The van der Waals surface area contributed by atoms with Crippen LogP contribution >= 0.6 is 0 Å². The number of halogens is 1. The highest BCUT2D eigenvalue weighted by molar-refractivity contribution is 7.89. The summed E-state index contributed by atoms with van der Waals surface area (Å²) in [6.45, 7) is 0.848. The Morgan fingerprint density at radius 3 is 3.00 bits per heavy atom. The van der Waals surface area contributed by atoms with Crippen LogP contribution in [0.25, 0.3) is 0 Å². The summed E-state index contributed by atoms with van der Waals surface area (Å²) in [5.74, 6) is 0.178. The van der Waals surface area contributed by atoms with Crippen LogP contribution in [0.4, 0.5) is 4.39 Å². The van der Waals surface area contributed by atoms with Crippen LogP contribution in [0.3, 0.4) is 0 Å². The Morgan fingerprint density at radius 1 is 1.46 bits per heavy atom. The largest absolute Gasteiger partial charge is 0.370 e. The van der Waals surface area contributed by atoms with Crippen molar-refractivity contribution in [2.45, 2.75) is 23.8 Å². The van der Waals surface area contributed by atoms with Crippen molar-refractivity contribution in [1.82, 2.24) is 14.3 Å². The highest BCUT2D eigenvalue weighted by Crippen LogP contribution is 2.32. The number of ether oxygens (including phenoxy) is 1. The monoisotopic (exact) mass is 353 g/mol. The van der Waals surface area contributed by atoms with E-state index in [-0.39, 0.29) is 23.5 Å². The molecule has 1 N–H and O–H groups in total. The minimum Gasteiger partial charge on any atom is -0.370 e. The van der Waals surface area contributed by atoms with Gasteiger partial charge in [0.15, 0.2) is 0 Å². The number of nitrogens with zero attached hydrogens (tertiary/aromatic N) is 2. The first-order valence-corrected chi connectivity index (χ1v) is 9.30. The Kier molecular flexibility index (Phi) is 4.98. The molecule has 1 saturated heterocycles. The van der Waals surface area contributed by atoms with Gasteiger partial charge in [0.2, 0.25) is 10.0 Å². The van der Waals surface area contributed by atoms with Crippen LogP contribution in [0.1, 0.15) is 24.8 Å². The third-order valence-corrected chi connectivity index (χ3v) is 5.62. The number of nitrogens with one attached hydrogen (secondary N) is 1. The summed E-state index contributed by atoms with van der Waals surface area (Å²) in [5.41, 5.74) is 0. The number of imidazole rings is 1. The third kappa shape index (κ3) is 3.66. The van der Waals surface area contributed by atoms with Gasteiger partial charge in [-0.25, -0.2) is 22.5 Å². The normalized spacial score (nSPS) is 21.8. The predicted molar refractivity (Wildman–Crippen MR) is 86.2 cm³/mol. The van der Waals surface area contributed by atoms with Gasteiger partial charge in [-0.3, -0.25) is 0 Å². The molecule has 0 unspecified atom stereocenters. The van der Waals surface area contributed by atoms with Gasteiger partial charge >= 0.3 is 0 Å². The molecule has 0 amide bonds. The lowest BCUT2D eigenvalue weighted by molar-refractivity contribution is -0.0328. The molecule has 0 spiro atoms. The molecule has 2 aromatic rings. The fourth-order valence-corrected chi connectivity index (χ4v) is 4.05. The van der Waals surface area contributed by atoms with Gasteiger partial charge in [-0.15, -0.1) is 0 Å². The summed E-state index contributed by atoms with van der Waals surface area (Å²) in [7, 11) is -1.87. The van der Waals surface area contributed by atoms with E-state index < -0.39 is 15.8 Å². The molecule has 8 heteroatoms. The van der Waals surface area contributed by atoms with E-state index in [1.807, 2.05) is 17.8 Å². The summed E-state index contributed by atoms with van der Waals surface area (Å²) >= 11 is 0. The molecular weight excluding hydrogens is 333 g/mol. The zero-order valence-electron chi connectivity index (χ0n) is 13.4. The lowest BCUT2D eigenvalue weighted by atomic mass is 9.94. The summed E-state index contributed by atoms with van der Waals surface area (Å²) in [6, 6.07) is 4.98. The Balaban J connectivity index is 1.73. The molecule has 1 aliphatic heterocycles. The van der Waals surface area contributed by atoms with E-state index in [0.717, 1.165) is 24.7 Å². The average molecular weight is 353 g/mol. The maximum atomic E-state index is 13.3. The number of hydrogen-bond donors (Lipinski definition) is 1. The van der Waals surface area contributed by atoms with Crippen molar-refractivity contribution >= 4 is 10.0 Å². The highest BCUT2D eigenvalue weighted by atomic mass is 32.2. The van der Waals surface area contributed by atoms with E-state index in [0.29, 0.717) is 6.61 Å². The molecule has 1 aliphatic rings. The molecule has 2 atom stereocenters. The van der Waals surface area contributed by atoms with Crippen LogP contribution in [0.5, 0.6) is 0 Å². The van der Waals surface area contributed by atoms with Crippen molar-refractivity contribution < 1.29 is 17.5 Å². The summed E-state index contributed by atoms with van der Waals surface area (Å²) in [4.78, 5) is 4.24. The zero-order valence-corrected chi connectivity index (χ0v) is 14.2. The molecule has 0 bridgehead atoms. The van der Waals surface area contributed by atoms with Gasteiger partial charge in [-0.1, -0.05) is 6.07 Å². The van der Waals surface area contributed by atoms with E-state index in [1.165, 1.54) is 18.2 Å². The van der Waals surface area contributed by atoms with Crippen molar-refractivity contribution in [3.8, 4) is 0 Å². The average Bonchev–Trinajstić information content (AvgIpc) is 2.99. The lowest BCUT2D eigenvalue weighted by Gasteiger charge is -2.31. The van der Waals surface area contributed by atoms with Crippen LogP contribution < -0.4 is 4.72 Å². The van der Waals surface area contributed by atoms with Crippen molar-refractivity contribution in [3.63, 3.8) is 0 Å². The molecule has 130 valence electrons. The second kappa shape index (κ2) is 7.00. The molecule has 0 aliphatic carbocycles. The first-order valence-electron chi connectivity index (χ1n) is 7.81. The van der Waals surface area contributed by atoms with Crippen molar-refractivity contribution in [1.29, 1.82) is 0 Å². The smallest absolute Gasteiger partial charge is 0.240 e. The molecule has 0 saturated carbocycles. The number of benzene rings is 1. The van der Waals surface area contributed by atoms with Gasteiger partial charge in [-0.05, 0) is 31.0 Å².